The second-order valence-electron chi connectivity index (χ2n) is 3.70. The van der Waals surface area contributed by atoms with Crippen molar-refractivity contribution in [1.29, 1.82) is 0 Å². The summed E-state index contributed by atoms with van der Waals surface area (Å²) >= 11 is 0. The molecule has 0 aliphatic rings. The van der Waals surface area contributed by atoms with E-state index >= 15 is 0 Å². The maximum atomic E-state index is 8.51. The molecule has 1 aromatic carbocycles. The van der Waals surface area contributed by atoms with Gasteiger partial charge in [0, 0.05) is 0 Å². The average Bonchev–Trinajstić information content (AvgIpc) is 2.35. The number of rotatable bonds is 5. The monoisotopic (exact) mass is 222 g/mol. The van der Waals surface area contributed by atoms with Crippen LogP contribution in [0.2, 0.25) is 0 Å². The first-order chi connectivity index (χ1) is 7.69. The molecule has 0 aromatic heterocycles. The fourth-order valence-electron chi connectivity index (χ4n) is 1.34. The third kappa shape index (κ3) is 3.15. The summed E-state index contributed by atoms with van der Waals surface area (Å²) < 4.78 is 5.64. The predicted molar refractivity (Wildman–Crippen MR) is 63.9 cm³/mol. The molecule has 4 heteroatoms. The van der Waals surface area contributed by atoms with Crippen molar-refractivity contribution >= 4 is 5.84 Å². The lowest BCUT2D eigenvalue weighted by Gasteiger charge is -2.13. The first-order valence-electron chi connectivity index (χ1n) is 5.37. The van der Waals surface area contributed by atoms with Gasteiger partial charge in [-0.3, -0.25) is 0 Å². The molecule has 0 bridgehead atoms. The van der Waals surface area contributed by atoms with Crippen molar-refractivity contribution in [2.45, 2.75) is 20.3 Å². The highest BCUT2D eigenvalue weighted by molar-refractivity contribution is 5.81. The summed E-state index contributed by atoms with van der Waals surface area (Å²) in [7, 11) is 0. The van der Waals surface area contributed by atoms with Gasteiger partial charge in [0.15, 0.2) is 0 Å². The van der Waals surface area contributed by atoms with Crippen molar-refractivity contribution < 1.29 is 9.94 Å². The molecule has 1 aromatic rings. The van der Waals surface area contributed by atoms with Crippen LogP contribution in [0.1, 0.15) is 19.4 Å². The van der Waals surface area contributed by atoms with Gasteiger partial charge in [0.2, 0.25) is 0 Å². The molecule has 88 valence electrons. The van der Waals surface area contributed by atoms with E-state index < -0.39 is 0 Å². The third-order valence-electron chi connectivity index (χ3n) is 2.46. The fraction of sp³-hybridized carbons (Fsp3) is 0.417. The van der Waals surface area contributed by atoms with Gasteiger partial charge in [-0.1, -0.05) is 37.2 Å². The molecule has 0 aliphatic heterocycles. The minimum Gasteiger partial charge on any atom is -0.493 e. The third-order valence-corrected chi connectivity index (χ3v) is 2.46. The zero-order chi connectivity index (χ0) is 12.0. The summed E-state index contributed by atoms with van der Waals surface area (Å²) in [6.07, 6.45) is 0.925. The van der Waals surface area contributed by atoms with Crippen LogP contribution in [0.25, 0.3) is 0 Å². The number of oxime groups is 1. The molecule has 0 spiro atoms. The Morgan fingerprint density at radius 2 is 2.19 bits per heavy atom. The minimum absolute atomic E-state index is 0.102. The molecule has 0 saturated carbocycles. The Morgan fingerprint density at radius 1 is 1.50 bits per heavy atom. The Kier molecular flexibility index (Phi) is 4.64. The predicted octanol–water partition coefficient (Wildman–Crippen LogP) is 2.01. The van der Waals surface area contributed by atoms with E-state index in [4.69, 9.17) is 15.7 Å². The summed E-state index contributed by atoms with van der Waals surface area (Å²) in [5.41, 5.74) is 6.63. The molecule has 0 heterocycles. The van der Waals surface area contributed by atoms with Crippen LogP contribution in [0.5, 0.6) is 5.75 Å². The second kappa shape index (κ2) is 6.00. The number of nitrogens with two attached hydrogens (primary N) is 1. The van der Waals surface area contributed by atoms with Crippen molar-refractivity contribution in [2.75, 3.05) is 6.61 Å². The number of nitrogens with zero attached hydrogens (tertiary/aromatic N) is 1. The number of hydrogen-bond donors (Lipinski definition) is 2. The highest BCUT2D eigenvalue weighted by Gasteiger charge is 2.09. The first-order valence-corrected chi connectivity index (χ1v) is 5.37. The van der Waals surface area contributed by atoms with Crippen LogP contribution >= 0.6 is 0 Å². The van der Waals surface area contributed by atoms with E-state index in [1.54, 1.807) is 0 Å². The van der Waals surface area contributed by atoms with Crippen LogP contribution in [-0.2, 0) is 6.42 Å². The summed E-state index contributed by atoms with van der Waals surface area (Å²) in [4.78, 5) is 0. The smallest absolute Gasteiger partial charge is 0.145 e. The number of para-hydroxylation sites is 1. The molecule has 16 heavy (non-hydrogen) atoms. The quantitative estimate of drug-likeness (QED) is 0.346. The molecule has 3 N–H and O–H groups in total. The van der Waals surface area contributed by atoms with Gasteiger partial charge in [-0.15, -0.1) is 0 Å². The average molecular weight is 222 g/mol. The lowest BCUT2D eigenvalue weighted by atomic mass is 10.1. The molecule has 4 nitrogen and oxygen atoms in total. The highest BCUT2D eigenvalue weighted by atomic mass is 16.5. The topological polar surface area (TPSA) is 67.8 Å². The van der Waals surface area contributed by atoms with Crippen LogP contribution in [0, 0.1) is 5.92 Å². The molecule has 0 saturated heterocycles. The van der Waals surface area contributed by atoms with Gasteiger partial charge in [-0.25, -0.2) is 0 Å². The normalized spacial score (nSPS) is 13.5. The molecule has 1 rings (SSSR count). The van der Waals surface area contributed by atoms with E-state index in [2.05, 4.69) is 12.1 Å². The van der Waals surface area contributed by atoms with E-state index in [1.807, 2.05) is 31.2 Å². The van der Waals surface area contributed by atoms with Crippen molar-refractivity contribution in [3.8, 4) is 5.75 Å². The summed E-state index contributed by atoms with van der Waals surface area (Å²) in [5, 5.41) is 11.5. The van der Waals surface area contributed by atoms with Gasteiger partial charge >= 0.3 is 0 Å². The van der Waals surface area contributed by atoms with Crippen LogP contribution in [0.3, 0.4) is 0 Å². The molecule has 0 radical (unpaired) electrons. The van der Waals surface area contributed by atoms with Crippen LogP contribution < -0.4 is 10.5 Å². The standard InChI is InChI=1S/C12H18N2O2/c1-3-10-6-4-5-7-11(10)16-8-9(2)12(13)14-15/h4-7,9,15H,3,8H2,1-2H3,(H2,13,14). The number of aryl methyl sites for hydroxylation is 1. The van der Waals surface area contributed by atoms with Gasteiger partial charge in [-0.2, -0.15) is 0 Å². The van der Waals surface area contributed by atoms with E-state index in [0.29, 0.717) is 6.61 Å². The Labute approximate surface area is 95.7 Å². The van der Waals surface area contributed by atoms with E-state index in [-0.39, 0.29) is 11.8 Å². The number of benzene rings is 1. The molecular formula is C12H18N2O2. The zero-order valence-corrected chi connectivity index (χ0v) is 9.68. The largest absolute Gasteiger partial charge is 0.493 e. The van der Waals surface area contributed by atoms with E-state index in [0.717, 1.165) is 17.7 Å². The molecule has 0 aliphatic carbocycles. The van der Waals surface area contributed by atoms with Crippen LogP contribution in [0.4, 0.5) is 0 Å². The minimum atomic E-state index is -0.102. The first kappa shape index (κ1) is 12.4. The van der Waals surface area contributed by atoms with Crippen molar-refractivity contribution in [1.82, 2.24) is 0 Å². The molecule has 0 fully saturated rings. The van der Waals surface area contributed by atoms with Gasteiger partial charge < -0.3 is 15.7 Å². The number of ether oxygens (including phenoxy) is 1. The van der Waals surface area contributed by atoms with E-state index in [9.17, 15) is 0 Å². The lowest BCUT2D eigenvalue weighted by Crippen LogP contribution is -2.26. The number of hydrogen-bond acceptors (Lipinski definition) is 3. The molecular weight excluding hydrogens is 204 g/mol. The molecule has 1 unspecified atom stereocenters. The fourth-order valence-corrected chi connectivity index (χ4v) is 1.34. The maximum absolute atomic E-state index is 8.51. The van der Waals surface area contributed by atoms with Gasteiger partial charge in [0.1, 0.15) is 11.6 Å². The Balaban J connectivity index is 2.61. The SMILES string of the molecule is CCc1ccccc1OCC(C)/C(N)=N/O. The van der Waals surface area contributed by atoms with Gasteiger partial charge in [-0.05, 0) is 18.1 Å². The Morgan fingerprint density at radius 3 is 2.81 bits per heavy atom. The molecule has 0 amide bonds. The zero-order valence-electron chi connectivity index (χ0n) is 9.68. The van der Waals surface area contributed by atoms with Crippen molar-refractivity contribution in [2.24, 2.45) is 16.8 Å². The van der Waals surface area contributed by atoms with Crippen LogP contribution in [0.15, 0.2) is 29.4 Å². The summed E-state index contributed by atoms with van der Waals surface area (Å²) in [6.45, 7) is 4.34. The van der Waals surface area contributed by atoms with Crippen molar-refractivity contribution in [3.05, 3.63) is 29.8 Å². The highest BCUT2D eigenvalue weighted by Crippen LogP contribution is 2.18. The van der Waals surface area contributed by atoms with Crippen molar-refractivity contribution in [3.63, 3.8) is 0 Å². The molecule has 1 atom stereocenters. The Hall–Kier alpha value is -1.71. The van der Waals surface area contributed by atoms with Crippen LogP contribution in [-0.4, -0.2) is 17.6 Å². The summed E-state index contributed by atoms with van der Waals surface area (Å²) in [6, 6.07) is 7.88. The van der Waals surface area contributed by atoms with Gasteiger partial charge in [0.05, 0.1) is 12.5 Å². The van der Waals surface area contributed by atoms with Gasteiger partial charge in [0.25, 0.3) is 0 Å². The second-order valence-corrected chi connectivity index (χ2v) is 3.70. The summed E-state index contributed by atoms with van der Waals surface area (Å²) in [5.74, 6) is 0.950. The van der Waals surface area contributed by atoms with E-state index in [1.165, 1.54) is 0 Å². The Bertz CT molecular complexity index is 364. The maximum Gasteiger partial charge on any atom is 0.145 e. The lowest BCUT2D eigenvalue weighted by molar-refractivity contribution is 0.277. The number of amidine groups is 1.